The minimum atomic E-state index is 0. The van der Waals surface area contributed by atoms with E-state index in [0.29, 0.717) is 12.0 Å². The molecule has 2 rings (SSSR count). The smallest absolute Gasteiger partial charge is 0.0332 e. The third-order valence-electron chi connectivity index (χ3n) is 1.63. The maximum atomic E-state index is 11.1. The SMILES string of the molecule is [CH-]=C1Cc2sccc2C1=O.[Y]. The molecule has 1 heterocycles. The molecule has 0 saturated heterocycles. The molecule has 1 aliphatic rings. The molecule has 1 aliphatic carbocycles. The fourth-order valence-electron chi connectivity index (χ4n) is 1.11. The summed E-state index contributed by atoms with van der Waals surface area (Å²) in [5, 5.41) is 1.93. The fourth-order valence-corrected chi connectivity index (χ4v) is 2.00. The molecule has 0 fully saturated rings. The number of hydrogen-bond acceptors (Lipinski definition) is 2. The second kappa shape index (κ2) is 3.30. The van der Waals surface area contributed by atoms with E-state index in [-0.39, 0.29) is 38.5 Å². The number of carbonyl (C=O) groups excluding carboxylic acids is 1. The van der Waals surface area contributed by atoms with E-state index in [2.05, 4.69) is 0 Å². The molecular weight excluding hydrogens is 233 g/mol. The number of ketones is 1. The zero-order valence-corrected chi connectivity index (χ0v) is 9.49. The molecule has 0 bridgehead atoms. The van der Waals surface area contributed by atoms with E-state index in [1.54, 1.807) is 11.3 Å². The predicted molar refractivity (Wildman–Crippen MR) is 40.2 cm³/mol. The van der Waals surface area contributed by atoms with Crippen LogP contribution in [-0.4, -0.2) is 5.78 Å². The van der Waals surface area contributed by atoms with Crippen molar-refractivity contribution in [1.29, 1.82) is 0 Å². The Labute approximate surface area is 94.4 Å². The van der Waals surface area contributed by atoms with Crippen LogP contribution in [0, 0.1) is 6.58 Å². The van der Waals surface area contributed by atoms with Gasteiger partial charge in [0, 0.05) is 38.5 Å². The van der Waals surface area contributed by atoms with Crippen LogP contribution in [0.5, 0.6) is 0 Å². The largest absolute Gasteiger partial charge is 0.401 e. The summed E-state index contributed by atoms with van der Waals surface area (Å²) in [6.45, 7) is 5.45. The van der Waals surface area contributed by atoms with Gasteiger partial charge in [0.2, 0.25) is 0 Å². The Morgan fingerprint density at radius 3 is 2.91 bits per heavy atom. The van der Waals surface area contributed by atoms with E-state index in [4.69, 9.17) is 6.58 Å². The monoisotopic (exact) mass is 238 g/mol. The van der Waals surface area contributed by atoms with Gasteiger partial charge >= 0.3 is 0 Å². The number of carbonyl (C=O) groups is 1. The molecule has 0 aliphatic heterocycles. The van der Waals surface area contributed by atoms with Crippen LogP contribution in [0.25, 0.3) is 0 Å². The summed E-state index contributed by atoms with van der Waals surface area (Å²) < 4.78 is 0. The Bertz CT molecular complexity index is 314. The maximum Gasteiger partial charge on any atom is 0.0332 e. The van der Waals surface area contributed by atoms with Gasteiger partial charge in [-0.3, -0.25) is 6.58 Å². The second-order valence-corrected chi connectivity index (χ2v) is 3.29. The molecule has 1 radical (unpaired) electrons. The van der Waals surface area contributed by atoms with E-state index >= 15 is 0 Å². The van der Waals surface area contributed by atoms with Crippen molar-refractivity contribution >= 4 is 17.1 Å². The van der Waals surface area contributed by atoms with Crippen molar-refractivity contribution in [3.63, 3.8) is 0 Å². The van der Waals surface area contributed by atoms with Gasteiger partial charge in [-0.15, -0.1) is 11.3 Å². The predicted octanol–water partition coefficient (Wildman–Crippen LogP) is 1.84. The summed E-state index contributed by atoms with van der Waals surface area (Å²) in [7, 11) is 0. The van der Waals surface area contributed by atoms with Crippen LogP contribution in [0.2, 0.25) is 0 Å². The van der Waals surface area contributed by atoms with Crippen molar-refractivity contribution in [2.45, 2.75) is 6.42 Å². The van der Waals surface area contributed by atoms with Crippen LogP contribution in [0.3, 0.4) is 0 Å². The Balaban J connectivity index is 0.000000605. The Kier molecular flexibility index (Phi) is 2.79. The number of hydrogen-bond donors (Lipinski definition) is 0. The van der Waals surface area contributed by atoms with E-state index in [0.717, 1.165) is 10.4 Å². The minimum Gasteiger partial charge on any atom is -0.401 e. The van der Waals surface area contributed by atoms with Crippen molar-refractivity contribution in [3.05, 3.63) is 34.0 Å². The van der Waals surface area contributed by atoms with Gasteiger partial charge in [0.1, 0.15) is 0 Å². The first-order valence-electron chi connectivity index (χ1n) is 3.01. The first kappa shape index (κ1) is 9.30. The third-order valence-corrected chi connectivity index (χ3v) is 2.55. The summed E-state index contributed by atoms with van der Waals surface area (Å²) in [6, 6.07) is 1.84. The molecule has 1 aromatic rings. The first-order valence-corrected chi connectivity index (χ1v) is 3.89. The maximum absolute atomic E-state index is 11.1. The van der Waals surface area contributed by atoms with E-state index in [1.165, 1.54) is 0 Å². The van der Waals surface area contributed by atoms with Gasteiger partial charge in [-0.05, 0) is 22.2 Å². The van der Waals surface area contributed by atoms with Crippen LogP contribution in [0.4, 0.5) is 0 Å². The quantitative estimate of drug-likeness (QED) is 0.498. The summed E-state index contributed by atoms with van der Waals surface area (Å²) in [6.07, 6.45) is 0.659. The number of allylic oxidation sites excluding steroid dienone is 1. The Hall–Kier alpha value is 0.214. The first-order chi connectivity index (χ1) is 4.79. The zero-order valence-electron chi connectivity index (χ0n) is 5.83. The molecule has 3 heteroatoms. The van der Waals surface area contributed by atoms with Crippen molar-refractivity contribution in [2.24, 2.45) is 0 Å². The van der Waals surface area contributed by atoms with E-state index < -0.39 is 0 Å². The van der Waals surface area contributed by atoms with E-state index in [9.17, 15) is 4.79 Å². The summed E-state index contributed by atoms with van der Waals surface area (Å²) in [5.74, 6) is 0.0243. The van der Waals surface area contributed by atoms with Crippen molar-refractivity contribution in [1.82, 2.24) is 0 Å². The summed E-state index contributed by atoms with van der Waals surface area (Å²) in [4.78, 5) is 12.2. The standard InChI is InChI=1S/C8H5OS.Y/c1-5-4-7-6(8(5)9)2-3-10-7;/h1-3H,4H2;/q-1;. The molecule has 0 atom stereocenters. The number of fused-ring (bicyclic) bond motifs is 1. The molecule has 0 saturated carbocycles. The van der Waals surface area contributed by atoms with Gasteiger partial charge in [0.05, 0.1) is 0 Å². The minimum absolute atomic E-state index is 0. The third kappa shape index (κ3) is 1.40. The van der Waals surface area contributed by atoms with Crippen molar-refractivity contribution < 1.29 is 37.5 Å². The van der Waals surface area contributed by atoms with Gasteiger partial charge < -0.3 is 4.79 Å². The van der Waals surface area contributed by atoms with Gasteiger partial charge in [-0.2, -0.15) is 5.57 Å². The van der Waals surface area contributed by atoms with Crippen LogP contribution >= 0.6 is 11.3 Å². The fraction of sp³-hybridized carbons (Fsp3) is 0.125. The molecule has 1 aromatic heterocycles. The van der Waals surface area contributed by atoms with Crippen molar-refractivity contribution in [3.8, 4) is 0 Å². The molecule has 0 N–H and O–H groups in total. The molecule has 0 spiro atoms. The summed E-state index contributed by atoms with van der Waals surface area (Å²) >= 11 is 1.60. The molecular formula is C8H5OSY-. The molecule has 0 amide bonds. The van der Waals surface area contributed by atoms with Gasteiger partial charge in [-0.25, -0.2) is 0 Å². The zero-order chi connectivity index (χ0) is 7.14. The molecule has 53 valence electrons. The van der Waals surface area contributed by atoms with E-state index in [1.807, 2.05) is 11.4 Å². The topological polar surface area (TPSA) is 17.1 Å². The van der Waals surface area contributed by atoms with Crippen molar-refractivity contribution in [2.75, 3.05) is 0 Å². The average Bonchev–Trinajstić information content (AvgIpc) is 2.41. The van der Waals surface area contributed by atoms with Crippen LogP contribution in [0.15, 0.2) is 17.0 Å². The number of thiophene rings is 1. The Morgan fingerprint density at radius 2 is 2.27 bits per heavy atom. The van der Waals surface area contributed by atoms with Crippen LogP contribution in [-0.2, 0) is 39.1 Å². The normalized spacial score (nSPS) is 14.5. The van der Waals surface area contributed by atoms with Gasteiger partial charge in [0.15, 0.2) is 0 Å². The molecule has 11 heavy (non-hydrogen) atoms. The average molecular weight is 238 g/mol. The molecule has 1 nitrogen and oxygen atoms in total. The number of Topliss-reactive ketones (excluding diaryl/α,β-unsaturated/α-hetero) is 1. The van der Waals surface area contributed by atoms with Gasteiger partial charge in [0.25, 0.3) is 0 Å². The Morgan fingerprint density at radius 1 is 1.55 bits per heavy atom. The summed E-state index contributed by atoms with van der Waals surface area (Å²) in [5.41, 5.74) is 1.30. The van der Waals surface area contributed by atoms with Crippen LogP contribution < -0.4 is 0 Å². The van der Waals surface area contributed by atoms with Crippen LogP contribution in [0.1, 0.15) is 15.2 Å². The number of rotatable bonds is 0. The second-order valence-electron chi connectivity index (χ2n) is 2.29. The van der Waals surface area contributed by atoms with Gasteiger partial charge in [-0.1, -0.05) is 6.07 Å². The molecule has 0 unspecified atom stereocenters. The molecule has 0 aromatic carbocycles.